The number of nitrogens with one attached hydrogen (secondary N) is 1. The number of benzene rings is 2. The third-order valence-corrected chi connectivity index (χ3v) is 5.92. The molecule has 1 saturated heterocycles. The van der Waals surface area contributed by atoms with Gasteiger partial charge in [-0.25, -0.2) is 0 Å². The number of halogens is 1. The Hall–Kier alpha value is -1.41. The van der Waals surface area contributed by atoms with Crippen molar-refractivity contribution in [3.05, 3.63) is 66.2 Å². The largest absolute Gasteiger partial charge is 0.355 e. The Labute approximate surface area is 175 Å². The first-order valence-corrected chi connectivity index (χ1v) is 10.0. The van der Waals surface area contributed by atoms with Crippen LogP contribution in [0.25, 0.3) is 0 Å². The van der Waals surface area contributed by atoms with Crippen LogP contribution in [-0.2, 0) is 10.8 Å². The first-order chi connectivity index (χ1) is 12.3. The van der Waals surface area contributed by atoms with E-state index in [0.29, 0.717) is 18.2 Å². The monoisotopic (exact) mass is 483 g/mol. The zero-order chi connectivity index (χ0) is 17.5. The first kappa shape index (κ1) is 20.9. The molecule has 1 aliphatic rings. The van der Waals surface area contributed by atoms with E-state index in [2.05, 4.69) is 45.5 Å². The van der Waals surface area contributed by atoms with E-state index in [4.69, 9.17) is 0 Å². The summed E-state index contributed by atoms with van der Waals surface area (Å²) in [5.41, 5.74) is 1.39. The lowest BCUT2D eigenvalue weighted by Gasteiger charge is -2.21. The average molecular weight is 483 g/mol. The number of hydrogen-bond acceptors (Lipinski definition) is 2. The van der Waals surface area contributed by atoms with E-state index in [1.165, 1.54) is 5.56 Å². The predicted octanol–water partition coefficient (Wildman–Crippen LogP) is 3.48. The second kappa shape index (κ2) is 10.7. The van der Waals surface area contributed by atoms with Gasteiger partial charge in [0.25, 0.3) is 0 Å². The quantitative estimate of drug-likeness (QED) is 0.403. The van der Waals surface area contributed by atoms with Crippen molar-refractivity contribution in [1.29, 1.82) is 0 Å². The fourth-order valence-corrected chi connectivity index (χ4v) is 4.21. The molecule has 1 heterocycles. The third kappa shape index (κ3) is 5.54. The molecule has 0 radical (unpaired) electrons. The van der Waals surface area contributed by atoms with Crippen LogP contribution >= 0.6 is 24.0 Å². The maximum absolute atomic E-state index is 12.3. The van der Waals surface area contributed by atoms with Crippen molar-refractivity contribution in [2.75, 3.05) is 32.4 Å². The maximum Gasteiger partial charge on any atom is 0.193 e. The molecule has 3 rings (SSSR count). The van der Waals surface area contributed by atoms with Crippen LogP contribution in [-0.4, -0.2) is 47.5 Å². The standard InChI is InChI=1S/C20H25N3OS.HI/c1-21-20(22-13-15-25(24)19-10-6-3-7-11-19)23-14-12-18(16-23)17-8-4-2-5-9-17;/h2-11,18H,12-16H2,1H3,(H,21,22);1H. The zero-order valence-electron chi connectivity index (χ0n) is 15.0. The maximum atomic E-state index is 12.3. The molecule has 1 N–H and O–H groups in total. The summed E-state index contributed by atoms with van der Waals surface area (Å²) < 4.78 is 12.3. The fraction of sp³-hybridized carbons (Fsp3) is 0.350. The molecular formula is C20H26IN3OS. The third-order valence-electron chi connectivity index (χ3n) is 4.55. The lowest BCUT2D eigenvalue weighted by atomic mass is 9.99. The second-order valence-corrected chi connectivity index (χ2v) is 7.75. The molecule has 6 heteroatoms. The smallest absolute Gasteiger partial charge is 0.193 e. The van der Waals surface area contributed by atoms with Gasteiger partial charge in [-0.3, -0.25) is 9.20 Å². The van der Waals surface area contributed by atoms with E-state index in [0.717, 1.165) is 30.4 Å². The summed E-state index contributed by atoms with van der Waals surface area (Å²) in [5.74, 6) is 2.04. The lowest BCUT2D eigenvalue weighted by molar-refractivity contribution is 0.488. The summed E-state index contributed by atoms with van der Waals surface area (Å²) in [6.45, 7) is 2.63. The highest BCUT2D eigenvalue weighted by molar-refractivity contribution is 14.0. The number of aliphatic imine (C=N–C) groups is 1. The molecule has 1 fully saturated rings. The molecule has 0 aromatic heterocycles. The van der Waals surface area contributed by atoms with Crippen molar-refractivity contribution in [2.45, 2.75) is 17.2 Å². The van der Waals surface area contributed by atoms with Gasteiger partial charge < -0.3 is 10.2 Å². The molecule has 0 amide bonds. The first-order valence-electron chi connectivity index (χ1n) is 8.72. The summed E-state index contributed by atoms with van der Waals surface area (Å²) in [6, 6.07) is 20.3. The highest BCUT2D eigenvalue weighted by Gasteiger charge is 2.25. The minimum absolute atomic E-state index is 0. The molecule has 0 aliphatic carbocycles. The van der Waals surface area contributed by atoms with Crippen LogP contribution in [0.4, 0.5) is 0 Å². The Morgan fingerprint density at radius 3 is 2.46 bits per heavy atom. The number of likely N-dealkylation sites (tertiary alicyclic amines) is 1. The summed E-state index contributed by atoms with van der Waals surface area (Å²) in [4.78, 5) is 7.57. The Balaban J connectivity index is 0.00000243. The van der Waals surface area contributed by atoms with Crippen LogP contribution in [0.15, 0.2) is 70.6 Å². The van der Waals surface area contributed by atoms with E-state index in [1.54, 1.807) is 0 Å². The van der Waals surface area contributed by atoms with Crippen LogP contribution < -0.4 is 5.32 Å². The highest BCUT2D eigenvalue weighted by Crippen LogP contribution is 2.26. The average Bonchev–Trinajstić information content (AvgIpc) is 3.16. The topological polar surface area (TPSA) is 44.7 Å². The normalized spacial score (nSPS) is 18.3. The van der Waals surface area contributed by atoms with Crippen LogP contribution in [0.2, 0.25) is 0 Å². The van der Waals surface area contributed by atoms with Gasteiger partial charge in [0.2, 0.25) is 0 Å². The van der Waals surface area contributed by atoms with E-state index < -0.39 is 10.8 Å². The Morgan fingerprint density at radius 1 is 1.15 bits per heavy atom. The summed E-state index contributed by atoms with van der Waals surface area (Å²) >= 11 is 0. The molecule has 4 nitrogen and oxygen atoms in total. The van der Waals surface area contributed by atoms with Crippen LogP contribution in [0.5, 0.6) is 0 Å². The molecule has 0 saturated carbocycles. The lowest BCUT2D eigenvalue weighted by Crippen LogP contribution is -2.41. The van der Waals surface area contributed by atoms with Gasteiger partial charge in [0.05, 0.1) is 10.8 Å². The minimum Gasteiger partial charge on any atom is -0.355 e. The van der Waals surface area contributed by atoms with Gasteiger partial charge in [-0.05, 0) is 24.1 Å². The molecule has 1 aliphatic heterocycles. The number of nitrogens with zero attached hydrogens (tertiary/aromatic N) is 2. The summed E-state index contributed by atoms with van der Waals surface area (Å²) in [7, 11) is 0.836. The van der Waals surface area contributed by atoms with Crippen molar-refractivity contribution in [3.8, 4) is 0 Å². The molecule has 2 unspecified atom stereocenters. The molecule has 26 heavy (non-hydrogen) atoms. The van der Waals surface area contributed by atoms with Gasteiger partial charge in [0.15, 0.2) is 5.96 Å². The number of rotatable bonds is 5. The highest BCUT2D eigenvalue weighted by atomic mass is 127. The van der Waals surface area contributed by atoms with Gasteiger partial charge in [-0.2, -0.15) is 0 Å². The van der Waals surface area contributed by atoms with Crippen molar-refractivity contribution < 1.29 is 4.21 Å². The van der Waals surface area contributed by atoms with E-state index in [9.17, 15) is 4.21 Å². The predicted molar refractivity (Wildman–Crippen MR) is 120 cm³/mol. The molecule has 2 atom stereocenters. The van der Waals surface area contributed by atoms with Gasteiger partial charge in [0, 0.05) is 43.2 Å². The minimum atomic E-state index is -0.976. The molecule has 0 spiro atoms. The summed E-state index contributed by atoms with van der Waals surface area (Å²) in [6.07, 6.45) is 1.14. The molecular weight excluding hydrogens is 457 g/mol. The van der Waals surface area contributed by atoms with Crippen LogP contribution in [0.1, 0.15) is 17.9 Å². The van der Waals surface area contributed by atoms with E-state index >= 15 is 0 Å². The molecule has 140 valence electrons. The van der Waals surface area contributed by atoms with Crippen molar-refractivity contribution in [3.63, 3.8) is 0 Å². The number of hydrogen-bond donors (Lipinski definition) is 1. The van der Waals surface area contributed by atoms with Gasteiger partial charge in [0.1, 0.15) is 0 Å². The Bertz CT molecular complexity index is 724. The SMILES string of the molecule is CN=C(NCCS(=O)c1ccccc1)N1CCC(c2ccccc2)C1.I. The zero-order valence-corrected chi connectivity index (χ0v) is 18.2. The van der Waals surface area contributed by atoms with E-state index in [1.807, 2.05) is 37.4 Å². The van der Waals surface area contributed by atoms with Gasteiger partial charge >= 0.3 is 0 Å². The van der Waals surface area contributed by atoms with Gasteiger partial charge in [-0.1, -0.05) is 48.5 Å². The van der Waals surface area contributed by atoms with Crippen molar-refractivity contribution in [2.24, 2.45) is 4.99 Å². The number of guanidine groups is 1. The Kier molecular flexibility index (Phi) is 8.58. The molecule has 0 bridgehead atoms. The molecule has 2 aromatic carbocycles. The molecule has 2 aromatic rings. The van der Waals surface area contributed by atoms with Crippen molar-refractivity contribution >= 4 is 40.7 Å². The van der Waals surface area contributed by atoms with Crippen molar-refractivity contribution in [1.82, 2.24) is 10.2 Å². The van der Waals surface area contributed by atoms with Gasteiger partial charge in [-0.15, -0.1) is 24.0 Å². The van der Waals surface area contributed by atoms with Crippen LogP contribution in [0.3, 0.4) is 0 Å². The Morgan fingerprint density at radius 2 is 1.81 bits per heavy atom. The fourth-order valence-electron chi connectivity index (χ4n) is 3.23. The van der Waals surface area contributed by atoms with Crippen LogP contribution in [0, 0.1) is 0 Å². The second-order valence-electron chi connectivity index (χ2n) is 6.18. The summed E-state index contributed by atoms with van der Waals surface area (Å²) in [5, 5.41) is 3.37. The van der Waals surface area contributed by atoms with E-state index in [-0.39, 0.29) is 24.0 Å².